The van der Waals surface area contributed by atoms with E-state index in [-0.39, 0.29) is 22.5 Å². The fourth-order valence-electron chi connectivity index (χ4n) is 3.25. The predicted octanol–water partition coefficient (Wildman–Crippen LogP) is 4.44. The van der Waals surface area contributed by atoms with Gasteiger partial charge in [-0.2, -0.15) is 11.3 Å². The SMILES string of the molecule is O=S(=O)(NCC(c1ccsc1)N1CCCCCC1)c1ccc(F)c(Cl)c1. The molecule has 1 aromatic heterocycles. The van der Waals surface area contributed by atoms with Gasteiger partial charge in [-0.25, -0.2) is 17.5 Å². The summed E-state index contributed by atoms with van der Waals surface area (Å²) in [4.78, 5) is 2.33. The van der Waals surface area contributed by atoms with Crippen LogP contribution in [-0.4, -0.2) is 33.0 Å². The molecule has 1 unspecified atom stereocenters. The van der Waals surface area contributed by atoms with Gasteiger partial charge in [-0.15, -0.1) is 0 Å². The molecule has 8 heteroatoms. The Bertz CT molecular complexity index is 820. The molecule has 1 fully saturated rings. The van der Waals surface area contributed by atoms with E-state index < -0.39 is 15.8 Å². The second-order valence-corrected chi connectivity index (χ2v) is 9.40. The van der Waals surface area contributed by atoms with Crippen LogP contribution in [0.5, 0.6) is 0 Å². The number of benzene rings is 1. The molecule has 4 nitrogen and oxygen atoms in total. The van der Waals surface area contributed by atoms with E-state index >= 15 is 0 Å². The summed E-state index contributed by atoms with van der Waals surface area (Å²) in [7, 11) is -3.76. The Morgan fingerprint density at radius 3 is 2.54 bits per heavy atom. The van der Waals surface area contributed by atoms with Gasteiger partial charge in [0.1, 0.15) is 5.82 Å². The Kier molecular flexibility index (Phi) is 6.69. The van der Waals surface area contributed by atoms with Gasteiger partial charge < -0.3 is 0 Å². The van der Waals surface area contributed by atoms with Gasteiger partial charge in [0.25, 0.3) is 0 Å². The number of nitrogens with zero attached hydrogens (tertiary/aromatic N) is 1. The average Bonchev–Trinajstić information content (AvgIpc) is 3.00. The Morgan fingerprint density at radius 2 is 1.92 bits per heavy atom. The lowest BCUT2D eigenvalue weighted by atomic mass is 10.1. The molecule has 2 heterocycles. The van der Waals surface area contributed by atoms with E-state index in [1.54, 1.807) is 11.3 Å². The molecule has 0 radical (unpaired) electrons. The van der Waals surface area contributed by atoms with E-state index in [4.69, 9.17) is 11.6 Å². The molecule has 1 aliphatic rings. The van der Waals surface area contributed by atoms with Crippen LogP contribution in [0.4, 0.5) is 4.39 Å². The van der Waals surface area contributed by atoms with Crippen molar-refractivity contribution in [1.29, 1.82) is 0 Å². The topological polar surface area (TPSA) is 49.4 Å². The summed E-state index contributed by atoms with van der Waals surface area (Å²) in [5.74, 6) is -0.633. The summed E-state index contributed by atoms with van der Waals surface area (Å²) < 4.78 is 41.2. The summed E-state index contributed by atoms with van der Waals surface area (Å²) in [6, 6.07) is 5.48. The number of rotatable bonds is 6. The zero-order valence-electron chi connectivity index (χ0n) is 14.3. The molecule has 26 heavy (non-hydrogen) atoms. The van der Waals surface area contributed by atoms with Crippen LogP contribution in [0.15, 0.2) is 39.9 Å². The highest BCUT2D eigenvalue weighted by Gasteiger charge is 2.25. The molecular weight excluding hydrogens is 395 g/mol. The second-order valence-electron chi connectivity index (χ2n) is 6.45. The van der Waals surface area contributed by atoms with Crippen molar-refractivity contribution < 1.29 is 12.8 Å². The van der Waals surface area contributed by atoms with Gasteiger partial charge in [0.2, 0.25) is 10.0 Å². The first-order chi connectivity index (χ1) is 12.5. The van der Waals surface area contributed by atoms with Gasteiger partial charge in [-0.1, -0.05) is 24.4 Å². The van der Waals surface area contributed by atoms with Gasteiger partial charge in [0.05, 0.1) is 9.92 Å². The van der Waals surface area contributed by atoms with Gasteiger partial charge in [0.15, 0.2) is 0 Å². The number of nitrogens with one attached hydrogen (secondary N) is 1. The van der Waals surface area contributed by atoms with Gasteiger partial charge in [-0.05, 0) is 66.5 Å². The molecule has 142 valence electrons. The van der Waals surface area contributed by atoms with Crippen LogP contribution in [0.2, 0.25) is 5.02 Å². The van der Waals surface area contributed by atoms with Crippen LogP contribution in [0, 0.1) is 5.82 Å². The molecule has 1 aliphatic heterocycles. The molecule has 3 rings (SSSR count). The van der Waals surface area contributed by atoms with E-state index in [1.165, 1.54) is 18.9 Å². The maximum atomic E-state index is 13.3. The van der Waals surface area contributed by atoms with Crippen molar-refractivity contribution in [3.05, 3.63) is 51.4 Å². The van der Waals surface area contributed by atoms with Gasteiger partial charge in [-0.3, -0.25) is 4.90 Å². The number of hydrogen-bond acceptors (Lipinski definition) is 4. The van der Waals surface area contributed by atoms with Crippen LogP contribution in [0.3, 0.4) is 0 Å². The monoisotopic (exact) mass is 416 g/mol. The van der Waals surface area contributed by atoms with E-state index in [0.717, 1.165) is 43.6 Å². The lowest BCUT2D eigenvalue weighted by molar-refractivity contribution is 0.206. The highest BCUT2D eigenvalue weighted by Crippen LogP contribution is 2.26. The Morgan fingerprint density at radius 1 is 1.19 bits per heavy atom. The first kappa shape index (κ1) is 19.8. The van der Waals surface area contributed by atoms with Crippen LogP contribution >= 0.6 is 22.9 Å². The quantitative estimate of drug-likeness (QED) is 0.757. The van der Waals surface area contributed by atoms with Crippen molar-refractivity contribution in [2.75, 3.05) is 19.6 Å². The first-order valence-electron chi connectivity index (χ1n) is 8.68. The molecule has 0 amide bonds. The lowest BCUT2D eigenvalue weighted by Gasteiger charge is -2.30. The van der Waals surface area contributed by atoms with Crippen molar-refractivity contribution in [3.8, 4) is 0 Å². The Balaban J connectivity index is 1.77. The second kappa shape index (κ2) is 8.80. The van der Waals surface area contributed by atoms with E-state index in [0.29, 0.717) is 0 Å². The molecular formula is C18H22ClFN2O2S2. The molecule has 0 spiro atoms. The molecule has 2 aromatic rings. The van der Waals surface area contributed by atoms with Crippen molar-refractivity contribution in [1.82, 2.24) is 9.62 Å². The van der Waals surface area contributed by atoms with E-state index in [9.17, 15) is 12.8 Å². The third-order valence-electron chi connectivity index (χ3n) is 4.68. The first-order valence-corrected chi connectivity index (χ1v) is 11.5. The van der Waals surface area contributed by atoms with Crippen LogP contribution in [0.25, 0.3) is 0 Å². The van der Waals surface area contributed by atoms with E-state index in [2.05, 4.69) is 15.0 Å². The van der Waals surface area contributed by atoms with Crippen LogP contribution < -0.4 is 4.72 Å². The standard InChI is InChI=1S/C18H22ClFN2O2S2/c19-16-11-15(5-6-17(16)20)26(23,24)21-12-18(14-7-10-25-13-14)22-8-3-1-2-4-9-22/h5-7,10-11,13,18,21H,1-4,8-9,12H2. The summed E-state index contributed by atoms with van der Waals surface area (Å²) in [6.45, 7) is 2.20. The number of sulfonamides is 1. The third-order valence-corrected chi connectivity index (χ3v) is 7.09. The maximum Gasteiger partial charge on any atom is 0.240 e. The average molecular weight is 417 g/mol. The third kappa shape index (κ3) is 4.84. The molecule has 1 atom stereocenters. The molecule has 1 N–H and O–H groups in total. The molecule has 1 saturated heterocycles. The van der Waals surface area contributed by atoms with Crippen LogP contribution in [-0.2, 0) is 10.0 Å². The van der Waals surface area contributed by atoms with Gasteiger partial charge in [0, 0.05) is 12.6 Å². The molecule has 0 bridgehead atoms. The minimum absolute atomic E-state index is 0.00922. The zero-order chi connectivity index (χ0) is 18.6. The molecule has 0 aliphatic carbocycles. The minimum Gasteiger partial charge on any atom is -0.295 e. The van der Waals surface area contributed by atoms with Crippen molar-refractivity contribution in [2.45, 2.75) is 36.6 Å². The van der Waals surface area contributed by atoms with Crippen molar-refractivity contribution >= 4 is 33.0 Å². The minimum atomic E-state index is -3.76. The van der Waals surface area contributed by atoms with Crippen molar-refractivity contribution in [3.63, 3.8) is 0 Å². The summed E-state index contributed by atoms with van der Waals surface area (Å²) in [5.41, 5.74) is 1.12. The highest BCUT2D eigenvalue weighted by atomic mass is 35.5. The largest absolute Gasteiger partial charge is 0.295 e. The fourth-order valence-corrected chi connectivity index (χ4v) is 5.26. The highest BCUT2D eigenvalue weighted by molar-refractivity contribution is 7.89. The predicted molar refractivity (Wildman–Crippen MR) is 104 cm³/mol. The lowest BCUT2D eigenvalue weighted by Crippen LogP contribution is -2.38. The number of hydrogen-bond donors (Lipinski definition) is 1. The fraction of sp³-hybridized carbons (Fsp3) is 0.444. The number of likely N-dealkylation sites (tertiary alicyclic amines) is 1. The summed E-state index contributed by atoms with van der Waals surface area (Å²) in [5, 5.41) is 3.88. The maximum absolute atomic E-state index is 13.3. The van der Waals surface area contributed by atoms with Crippen molar-refractivity contribution in [2.24, 2.45) is 0 Å². The Hall–Kier alpha value is -0.990. The molecule has 1 aromatic carbocycles. The van der Waals surface area contributed by atoms with Crippen LogP contribution in [0.1, 0.15) is 37.3 Å². The summed E-state index contributed by atoms with van der Waals surface area (Å²) >= 11 is 7.34. The zero-order valence-corrected chi connectivity index (χ0v) is 16.7. The normalized spacial score (nSPS) is 17.8. The Labute approximate surface area is 163 Å². The molecule has 0 saturated carbocycles. The van der Waals surface area contributed by atoms with E-state index in [1.807, 2.05) is 11.4 Å². The van der Waals surface area contributed by atoms with Gasteiger partial charge >= 0.3 is 0 Å². The summed E-state index contributed by atoms with van der Waals surface area (Å²) in [6.07, 6.45) is 4.68. The number of thiophene rings is 1. The number of halogens is 2. The smallest absolute Gasteiger partial charge is 0.240 e.